The molecule has 0 saturated carbocycles. The summed E-state index contributed by atoms with van der Waals surface area (Å²) in [5.74, 6) is 0. The molecule has 0 aliphatic carbocycles. The average Bonchev–Trinajstić information content (AvgIpc) is 3.07. The van der Waals surface area contributed by atoms with Crippen LogP contribution in [0.2, 0.25) is 0 Å². The summed E-state index contributed by atoms with van der Waals surface area (Å²) in [6.07, 6.45) is 0. The van der Waals surface area contributed by atoms with Crippen LogP contribution in [0.25, 0.3) is 0 Å². The monoisotopic (exact) mass is 496 g/mol. The van der Waals surface area contributed by atoms with Gasteiger partial charge in [0.15, 0.2) is 0 Å². The average molecular weight is 498 g/mol. The van der Waals surface area contributed by atoms with Crippen molar-refractivity contribution in [3.05, 3.63) is 101 Å². The molecular weight excluding hydrogens is 467 g/mol. The Hall–Kier alpha value is -0.626. The fourth-order valence-corrected chi connectivity index (χ4v) is 4.32. The van der Waals surface area contributed by atoms with Crippen molar-refractivity contribution >= 4 is 0 Å². The summed E-state index contributed by atoms with van der Waals surface area (Å²) in [4.78, 5) is 0. The van der Waals surface area contributed by atoms with Gasteiger partial charge < -0.3 is 37.2 Å². The van der Waals surface area contributed by atoms with E-state index in [9.17, 15) is 0 Å². The second-order valence-corrected chi connectivity index (χ2v) is 9.37. The van der Waals surface area contributed by atoms with Gasteiger partial charge in [0.2, 0.25) is 0 Å². The number of halogens is 3. The van der Waals surface area contributed by atoms with Gasteiger partial charge in [0, 0.05) is 5.41 Å². The number of hydrogen-bond donors (Lipinski definition) is 0. The molecular formula is C26H31Cl3Ti. The molecule has 0 unspecified atom stereocenters. The minimum Gasteiger partial charge on any atom is -1.00 e. The molecule has 0 radical (unpaired) electrons. The van der Waals surface area contributed by atoms with E-state index in [1.165, 1.54) is 22.3 Å². The molecule has 30 heavy (non-hydrogen) atoms. The van der Waals surface area contributed by atoms with Gasteiger partial charge in [-0.3, -0.25) is 0 Å². The van der Waals surface area contributed by atoms with Crippen LogP contribution in [0.15, 0.2) is 78.9 Å². The van der Waals surface area contributed by atoms with Gasteiger partial charge in [-0.05, 0) is 16.5 Å². The molecule has 3 aromatic rings. The van der Waals surface area contributed by atoms with Gasteiger partial charge in [-0.1, -0.05) is 108 Å². The van der Waals surface area contributed by atoms with Crippen molar-refractivity contribution < 1.29 is 58.9 Å². The molecule has 0 spiro atoms. The minimum atomic E-state index is -0.195. The van der Waals surface area contributed by atoms with E-state index in [4.69, 9.17) is 0 Å². The Morgan fingerprint density at radius 1 is 0.567 bits per heavy atom. The summed E-state index contributed by atoms with van der Waals surface area (Å²) in [7, 11) is 0. The topological polar surface area (TPSA) is 0 Å². The second-order valence-electron chi connectivity index (χ2n) is 9.37. The summed E-state index contributed by atoms with van der Waals surface area (Å²) in [6, 6.07) is 29.0. The maximum Gasteiger partial charge on any atom is 4.00 e. The van der Waals surface area contributed by atoms with Crippen LogP contribution in [0.3, 0.4) is 0 Å². The van der Waals surface area contributed by atoms with Gasteiger partial charge in [-0.25, -0.2) is 6.07 Å². The molecule has 0 N–H and O–H groups in total. The Balaban J connectivity index is 0. The first-order chi connectivity index (χ1) is 12.2. The molecule has 3 rings (SSSR count). The normalized spacial score (nSPS) is 11.3. The zero-order valence-corrected chi connectivity index (χ0v) is 22.5. The van der Waals surface area contributed by atoms with Crippen molar-refractivity contribution in [3.8, 4) is 0 Å². The van der Waals surface area contributed by atoms with Crippen molar-refractivity contribution in [2.75, 3.05) is 0 Å². The Morgan fingerprint density at radius 3 is 1.27 bits per heavy atom. The molecule has 0 saturated heterocycles. The predicted octanol–water partition coefficient (Wildman–Crippen LogP) is -1.91. The third-order valence-electron chi connectivity index (χ3n) is 5.59. The van der Waals surface area contributed by atoms with Gasteiger partial charge in [0.25, 0.3) is 0 Å². The van der Waals surface area contributed by atoms with Gasteiger partial charge in [-0.15, -0.1) is 5.56 Å². The van der Waals surface area contributed by atoms with E-state index in [-0.39, 0.29) is 75.2 Å². The van der Waals surface area contributed by atoms with E-state index in [2.05, 4.69) is 120 Å². The summed E-state index contributed by atoms with van der Waals surface area (Å²) >= 11 is 0. The summed E-state index contributed by atoms with van der Waals surface area (Å²) < 4.78 is 0. The van der Waals surface area contributed by atoms with E-state index >= 15 is 0 Å². The third-order valence-corrected chi connectivity index (χ3v) is 5.59. The van der Waals surface area contributed by atoms with E-state index in [0.29, 0.717) is 0 Å². The molecule has 0 aliphatic heterocycles. The fourth-order valence-electron chi connectivity index (χ4n) is 4.32. The largest absolute Gasteiger partial charge is 4.00 e. The van der Waals surface area contributed by atoms with Gasteiger partial charge in [0.1, 0.15) is 0 Å². The van der Waals surface area contributed by atoms with Gasteiger partial charge in [-0.2, -0.15) is 17.7 Å². The molecule has 0 bridgehead atoms. The van der Waals surface area contributed by atoms with Crippen LogP contribution in [-0.4, -0.2) is 0 Å². The zero-order valence-electron chi connectivity index (χ0n) is 18.6. The SMILES string of the molecule is CC(C)(C)c1cc[c-](C(c2ccccc2)(c2ccccc2)C(C)(C)C)c1.[Cl-].[Cl-].[Cl-].[Ti+4]. The minimum absolute atomic E-state index is 0. The molecule has 0 aromatic heterocycles. The van der Waals surface area contributed by atoms with E-state index < -0.39 is 0 Å². The van der Waals surface area contributed by atoms with Crippen LogP contribution >= 0.6 is 0 Å². The Labute approximate surface area is 216 Å². The fraction of sp³-hybridized carbons (Fsp3) is 0.346. The van der Waals surface area contributed by atoms with Crippen LogP contribution < -0.4 is 37.2 Å². The maximum absolute atomic E-state index is 2.42. The first-order valence-corrected chi connectivity index (χ1v) is 9.56. The number of benzene rings is 2. The van der Waals surface area contributed by atoms with Crippen LogP contribution in [0.5, 0.6) is 0 Å². The molecule has 0 heterocycles. The Bertz CT molecular complexity index is 817. The smallest absolute Gasteiger partial charge is 1.00 e. The molecule has 4 heteroatoms. The van der Waals surface area contributed by atoms with Crippen LogP contribution in [0.4, 0.5) is 0 Å². The van der Waals surface area contributed by atoms with Crippen LogP contribution in [0, 0.1) is 5.41 Å². The Kier molecular flexibility index (Phi) is 12.5. The van der Waals surface area contributed by atoms with Gasteiger partial charge in [0.05, 0.1) is 0 Å². The third kappa shape index (κ3) is 5.78. The van der Waals surface area contributed by atoms with Crippen molar-refractivity contribution in [2.24, 2.45) is 5.41 Å². The first-order valence-electron chi connectivity index (χ1n) is 9.56. The van der Waals surface area contributed by atoms with E-state index in [1.54, 1.807) is 0 Å². The molecule has 160 valence electrons. The zero-order chi connectivity index (χ0) is 19.0. The Morgan fingerprint density at radius 2 is 0.967 bits per heavy atom. The number of rotatable bonds is 3. The predicted molar refractivity (Wildman–Crippen MR) is 113 cm³/mol. The van der Waals surface area contributed by atoms with E-state index in [0.717, 1.165) is 0 Å². The van der Waals surface area contributed by atoms with E-state index in [1.807, 2.05) is 0 Å². The second kappa shape index (κ2) is 11.8. The number of hydrogen-bond acceptors (Lipinski definition) is 0. The maximum atomic E-state index is 2.42. The molecule has 0 aliphatic rings. The van der Waals surface area contributed by atoms with Crippen molar-refractivity contribution in [1.29, 1.82) is 0 Å². The summed E-state index contributed by atoms with van der Waals surface area (Å²) in [6.45, 7) is 13.9. The standard InChI is InChI=1S/C26H31.3ClH.Ti/c1-24(2,3)22-17-18-23(19-22)26(25(4,5)6,20-13-9-7-10-14-20)21-15-11-8-12-16-21;;;;/h7-19H,1-6H3;3*1H;/q-1;;;;+4/p-3. The molecule has 0 nitrogen and oxygen atoms in total. The van der Waals surface area contributed by atoms with Crippen LogP contribution in [0.1, 0.15) is 63.8 Å². The van der Waals surface area contributed by atoms with Crippen LogP contribution in [-0.2, 0) is 32.5 Å². The molecule has 0 fully saturated rings. The quantitative estimate of drug-likeness (QED) is 0.293. The molecule has 3 aromatic carbocycles. The van der Waals surface area contributed by atoms with Gasteiger partial charge >= 0.3 is 21.7 Å². The van der Waals surface area contributed by atoms with Crippen molar-refractivity contribution in [2.45, 2.75) is 52.4 Å². The summed E-state index contributed by atoms with van der Waals surface area (Å²) in [5, 5.41) is 0. The molecule has 0 atom stereocenters. The first kappa shape index (κ1) is 31.6. The van der Waals surface area contributed by atoms with Crippen molar-refractivity contribution in [1.82, 2.24) is 0 Å². The van der Waals surface area contributed by atoms with Crippen molar-refractivity contribution in [3.63, 3.8) is 0 Å². The molecule has 0 amide bonds. The summed E-state index contributed by atoms with van der Waals surface area (Å²) in [5.41, 5.74) is 5.45.